The summed E-state index contributed by atoms with van der Waals surface area (Å²) in [5.41, 5.74) is 4.93. The molecule has 5 rings (SSSR count). The number of methoxy groups -OCH3 is 1. The van der Waals surface area contributed by atoms with E-state index in [4.69, 9.17) is 10.5 Å². The summed E-state index contributed by atoms with van der Waals surface area (Å²) in [5, 5.41) is 5.50. The van der Waals surface area contributed by atoms with Crippen LogP contribution in [0, 0.1) is 12.7 Å². The van der Waals surface area contributed by atoms with Crippen LogP contribution >= 0.6 is 0 Å². The molecule has 0 unspecified atom stereocenters. The minimum atomic E-state index is -1.17. The van der Waals surface area contributed by atoms with E-state index in [1.807, 2.05) is 0 Å². The number of nitrogens with two attached hydrogens (primary N) is 1. The van der Waals surface area contributed by atoms with Crippen LogP contribution in [0.15, 0.2) is 23.0 Å². The fraction of sp³-hybridized carbons (Fsp3) is 0.480. The number of nitrogens with zero attached hydrogens (tertiary/aromatic N) is 3. The Morgan fingerprint density at radius 2 is 1.89 bits per heavy atom. The number of hydrogen-bond acceptors (Lipinski definition) is 7. The van der Waals surface area contributed by atoms with Crippen molar-refractivity contribution >= 4 is 17.7 Å². The first-order valence-corrected chi connectivity index (χ1v) is 11.9. The zero-order valence-corrected chi connectivity index (χ0v) is 21.3. The van der Waals surface area contributed by atoms with E-state index in [0.717, 1.165) is 4.90 Å². The molecule has 1 fully saturated rings. The summed E-state index contributed by atoms with van der Waals surface area (Å²) in [6.07, 6.45) is 1.62. The number of aromatic nitrogens is 2. The molecule has 4 N–H and O–H groups in total. The van der Waals surface area contributed by atoms with Gasteiger partial charge < -0.3 is 26.0 Å². The van der Waals surface area contributed by atoms with Gasteiger partial charge in [0.05, 0.1) is 12.6 Å². The van der Waals surface area contributed by atoms with Crippen LogP contribution < -0.4 is 26.7 Å². The number of rotatable bonds is 5. The highest BCUT2D eigenvalue weighted by atomic mass is 19.1. The second kappa shape index (κ2) is 9.58. The lowest BCUT2D eigenvalue weighted by Crippen LogP contribution is -2.55. The first kappa shape index (κ1) is 26.3. The number of ether oxygens (including phenoxy) is 1. The Labute approximate surface area is 213 Å². The van der Waals surface area contributed by atoms with Crippen molar-refractivity contribution in [3.05, 3.63) is 57.0 Å². The fourth-order valence-electron chi connectivity index (χ4n) is 5.00. The number of carbonyl (C=O) groups excluding carboxylic acids is 3. The molecule has 2 bridgehead atoms. The molecule has 3 amide bonds. The Bertz CT molecular complexity index is 1330. The van der Waals surface area contributed by atoms with Crippen molar-refractivity contribution in [3.63, 3.8) is 0 Å². The molecular formula is C25H31FN6O5. The summed E-state index contributed by atoms with van der Waals surface area (Å²) in [6.45, 7) is 1.81. The summed E-state index contributed by atoms with van der Waals surface area (Å²) in [7, 11) is 4.19. The average Bonchev–Trinajstić information content (AvgIpc) is 3.06. The summed E-state index contributed by atoms with van der Waals surface area (Å²) < 4.78 is 20.3. The molecule has 1 aromatic carbocycles. The van der Waals surface area contributed by atoms with Crippen molar-refractivity contribution in [1.82, 2.24) is 25.1 Å². The van der Waals surface area contributed by atoms with Crippen LogP contribution in [0.1, 0.15) is 53.1 Å². The lowest BCUT2D eigenvalue weighted by molar-refractivity contribution is -0.145. The van der Waals surface area contributed by atoms with Crippen molar-refractivity contribution in [2.45, 2.75) is 56.8 Å². The quantitative estimate of drug-likeness (QED) is 0.487. The van der Waals surface area contributed by atoms with Gasteiger partial charge in [-0.25, -0.2) is 9.37 Å². The molecule has 3 heterocycles. The highest BCUT2D eigenvalue weighted by Crippen LogP contribution is 2.44. The molecular weight excluding hydrogens is 483 g/mol. The highest BCUT2D eigenvalue weighted by Gasteiger charge is 2.50. The number of benzene rings is 1. The maximum atomic E-state index is 13.6. The molecule has 11 nitrogen and oxygen atoms in total. The average molecular weight is 515 g/mol. The molecule has 1 aromatic heterocycles. The smallest absolute Gasteiger partial charge is 0.311 e. The first-order chi connectivity index (χ1) is 17.4. The van der Waals surface area contributed by atoms with Gasteiger partial charge in [-0.3, -0.25) is 23.7 Å². The van der Waals surface area contributed by atoms with Gasteiger partial charge in [0.15, 0.2) is 5.69 Å². The van der Waals surface area contributed by atoms with E-state index in [1.54, 1.807) is 19.1 Å². The van der Waals surface area contributed by atoms with E-state index < -0.39 is 34.4 Å². The predicted octanol–water partition coefficient (Wildman–Crippen LogP) is 0.314. The third-order valence-corrected chi connectivity index (χ3v) is 7.18. The van der Waals surface area contributed by atoms with Crippen molar-refractivity contribution < 1.29 is 23.5 Å². The largest absolute Gasteiger partial charge is 0.489 e. The SMILES string of the molecule is COc1c(C(=O)NCc2ccc(F)c(C)c2)nc2n(c1=O)CC1(N)CCC2(NC(=O)C(=O)N(C)C)CC1. The van der Waals surface area contributed by atoms with Crippen molar-refractivity contribution in [1.29, 1.82) is 0 Å². The first-order valence-electron chi connectivity index (χ1n) is 11.9. The van der Waals surface area contributed by atoms with Gasteiger partial charge in [0.1, 0.15) is 11.6 Å². The van der Waals surface area contributed by atoms with Crippen LogP contribution in [0.2, 0.25) is 0 Å². The molecule has 2 aromatic rings. The van der Waals surface area contributed by atoms with E-state index in [0.29, 0.717) is 36.8 Å². The molecule has 198 valence electrons. The van der Waals surface area contributed by atoms with Gasteiger partial charge in [0.25, 0.3) is 11.5 Å². The number of nitrogens with one attached hydrogen (secondary N) is 2. The fourth-order valence-corrected chi connectivity index (χ4v) is 5.00. The number of amides is 3. The minimum Gasteiger partial charge on any atom is -0.489 e. The molecule has 0 spiro atoms. The summed E-state index contributed by atoms with van der Waals surface area (Å²) >= 11 is 0. The zero-order valence-electron chi connectivity index (χ0n) is 21.3. The lowest BCUT2D eigenvalue weighted by atomic mass is 9.73. The van der Waals surface area contributed by atoms with Gasteiger partial charge in [-0.1, -0.05) is 12.1 Å². The van der Waals surface area contributed by atoms with Crippen molar-refractivity contribution in [2.75, 3.05) is 21.2 Å². The van der Waals surface area contributed by atoms with Crippen LogP contribution in [-0.2, 0) is 28.2 Å². The molecule has 2 aliphatic heterocycles. The van der Waals surface area contributed by atoms with Crippen LogP contribution in [-0.4, -0.2) is 58.9 Å². The van der Waals surface area contributed by atoms with E-state index in [1.165, 1.54) is 31.8 Å². The van der Waals surface area contributed by atoms with Crippen LogP contribution in [0.5, 0.6) is 5.75 Å². The Kier molecular flexibility index (Phi) is 6.80. The Morgan fingerprint density at radius 3 is 2.49 bits per heavy atom. The highest BCUT2D eigenvalue weighted by molar-refractivity contribution is 6.35. The van der Waals surface area contributed by atoms with Crippen LogP contribution in [0.4, 0.5) is 4.39 Å². The van der Waals surface area contributed by atoms with Crippen LogP contribution in [0.3, 0.4) is 0 Å². The molecule has 0 atom stereocenters. The van der Waals surface area contributed by atoms with E-state index in [-0.39, 0.29) is 36.2 Å². The molecule has 1 aliphatic carbocycles. The van der Waals surface area contributed by atoms with Crippen molar-refractivity contribution in [2.24, 2.45) is 5.73 Å². The Balaban J connectivity index is 1.76. The maximum Gasteiger partial charge on any atom is 0.311 e. The monoisotopic (exact) mass is 514 g/mol. The second-order valence-corrected chi connectivity index (χ2v) is 10.1. The van der Waals surface area contributed by atoms with Crippen LogP contribution in [0.25, 0.3) is 0 Å². The van der Waals surface area contributed by atoms with E-state index in [2.05, 4.69) is 15.6 Å². The van der Waals surface area contributed by atoms with Crippen molar-refractivity contribution in [3.8, 4) is 5.75 Å². The maximum absolute atomic E-state index is 13.6. The number of halogens is 1. The number of likely N-dealkylation sites (N-methyl/N-ethyl adjacent to an activating group) is 1. The normalized spacial score (nSPS) is 22.0. The Hall–Kier alpha value is -3.80. The third kappa shape index (κ3) is 4.80. The number of carbonyl (C=O) groups is 3. The topological polar surface area (TPSA) is 149 Å². The molecule has 3 aliphatic rings. The zero-order chi connectivity index (χ0) is 27.1. The van der Waals surface area contributed by atoms with Gasteiger partial charge in [0, 0.05) is 32.7 Å². The van der Waals surface area contributed by atoms with E-state index >= 15 is 0 Å². The predicted molar refractivity (Wildman–Crippen MR) is 131 cm³/mol. The van der Waals surface area contributed by atoms with Gasteiger partial charge in [-0.05, 0) is 49.8 Å². The standard InChI is InChI=1S/C25H31FN6O5/c1-14-11-15(5-6-16(14)26)12-28-19(33)17-18(37-4)21(35)32-13-24(27)7-9-25(10-8-24,23(32)29-17)30-20(34)22(36)31(2)3/h5-6,11H,7-10,12-13,27H2,1-4H3,(H,28,33)(H,30,34). The van der Waals surface area contributed by atoms with Gasteiger partial charge >= 0.3 is 11.8 Å². The minimum absolute atomic E-state index is 0.0638. The molecule has 0 saturated heterocycles. The summed E-state index contributed by atoms with van der Waals surface area (Å²) in [5.74, 6) is -2.72. The lowest BCUT2D eigenvalue weighted by Gasteiger charge is -2.40. The number of fused-ring (bicyclic) bond motifs is 2. The van der Waals surface area contributed by atoms with Gasteiger partial charge in [0.2, 0.25) is 5.75 Å². The summed E-state index contributed by atoms with van der Waals surface area (Å²) in [6, 6.07) is 4.47. The number of hydrogen-bond donors (Lipinski definition) is 3. The van der Waals surface area contributed by atoms with Gasteiger partial charge in [-0.15, -0.1) is 0 Å². The Morgan fingerprint density at radius 1 is 1.22 bits per heavy atom. The molecule has 1 saturated carbocycles. The van der Waals surface area contributed by atoms with Gasteiger partial charge in [-0.2, -0.15) is 0 Å². The van der Waals surface area contributed by atoms with E-state index in [9.17, 15) is 23.6 Å². The second-order valence-electron chi connectivity index (χ2n) is 10.1. The summed E-state index contributed by atoms with van der Waals surface area (Å²) in [4.78, 5) is 57.6. The molecule has 0 radical (unpaired) electrons. The molecule has 12 heteroatoms. The number of aryl methyl sites for hydroxylation is 1. The third-order valence-electron chi connectivity index (χ3n) is 7.18. The molecule has 37 heavy (non-hydrogen) atoms.